The molecule has 2 atom stereocenters. The fourth-order valence-corrected chi connectivity index (χ4v) is 3.77. The number of hydrogen-bond donors (Lipinski definition) is 3. The molecule has 1 aromatic rings. The van der Waals surface area contributed by atoms with E-state index in [1.54, 1.807) is 0 Å². The Morgan fingerprint density at radius 3 is 2.82 bits per heavy atom. The molecule has 2 unspecified atom stereocenters. The molecule has 0 bridgehead atoms. The number of guanidine groups is 1. The predicted molar refractivity (Wildman–Crippen MR) is 120 cm³/mol. The molecular formula is C17H28F3IN6S. The Kier molecular flexibility index (Phi) is 11.2. The van der Waals surface area contributed by atoms with Crippen molar-refractivity contribution in [1.29, 1.82) is 0 Å². The number of nitrogens with zero attached hydrogens (tertiary/aromatic N) is 3. The fraction of sp³-hybridized carbons (Fsp3) is 0.706. The van der Waals surface area contributed by atoms with E-state index in [0.717, 1.165) is 37.6 Å². The number of halogens is 4. The van der Waals surface area contributed by atoms with Crippen LogP contribution in [0, 0.1) is 0 Å². The van der Waals surface area contributed by atoms with Gasteiger partial charge in [-0.05, 0) is 38.5 Å². The highest BCUT2D eigenvalue weighted by atomic mass is 127. The molecule has 0 aliphatic heterocycles. The summed E-state index contributed by atoms with van der Waals surface area (Å²) in [6.45, 7) is 3.48. The van der Waals surface area contributed by atoms with Crippen LogP contribution < -0.4 is 16.0 Å². The molecule has 0 saturated heterocycles. The molecule has 2 rings (SSSR count). The minimum absolute atomic E-state index is 0. The second-order valence-electron chi connectivity index (χ2n) is 6.32. The molecule has 0 amide bonds. The fourth-order valence-electron chi connectivity index (χ4n) is 2.94. The number of alkyl halides is 3. The smallest absolute Gasteiger partial charge is 0.357 e. The molecule has 1 heterocycles. The Labute approximate surface area is 185 Å². The molecule has 0 radical (unpaired) electrons. The van der Waals surface area contributed by atoms with Crippen LogP contribution in [0.4, 0.5) is 19.1 Å². The van der Waals surface area contributed by atoms with Gasteiger partial charge in [0.25, 0.3) is 0 Å². The van der Waals surface area contributed by atoms with Crippen molar-refractivity contribution in [3.05, 3.63) is 18.0 Å². The lowest BCUT2D eigenvalue weighted by molar-refractivity contribution is -0.141. The van der Waals surface area contributed by atoms with E-state index in [-0.39, 0.29) is 29.9 Å². The van der Waals surface area contributed by atoms with E-state index in [4.69, 9.17) is 0 Å². The topological polar surface area (TPSA) is 74.2 Å². The van der Waals surface area contributed by atoms with Gasteiger partial charge in [-0.25, -0.2) is 9.97 Å². The van der Waals surface area contributed by atoms with Crippen molar-refractivity contribution < 1.29 is 13.2 Å². The van der Waals surface area contributed by atoms with E-state index in [1.165, 1.54) is 12.8 Å². The van der Waals surface area contributed by atoms with Gasteiger partial charge in [0.05, 0.1) is 6.54 Å². The van der Waals surface area contributed by atoms with Crippen molar-refractivity contribution in [3.63, 3.8) is 0 Å². The molecule has 160 valence electrons. The van der Waals surface area contributed by atoms with Crippen molar-refractivity contribution in [2.24, 2.45) is 4.99 Å². The largest absolute Gasteiger partial charge is 0.433 e. The SMILES string of the molecule is CCNC(=NCCNc1nccc(C(F)(F)F)n1)NC1CCCC(SC)C1.I. The van der Waals surface area contributed by atoms with Crippen LogP contribution in [0.25, 0.3) is 0 Å². The van der Waals surface area contributed by atoms with Crippen molar-refractivity contribution in [2.45, 2.75) is 50.1 Å². The first-order valence-electron chi connectivity index (χ1n) is 9.14. The summed E-state index contributed by atoms with van der Waals surface area (Å²) in [5, 5.41) is 10.1. The summed E-state index contributed by atoms with van der Waals surface area (Å²) >= 11 is 1.91. The average Bonchev–Trinajstić information content (AvgIpc) is 2.65. The van der Waals surface area contributed by atoms with Crippen LogP contribution >= 0.6 is 35.7 Å². The number of anilines is 1. The monoisotopic (exact) mass is 532 g/mol. The van der Waals surface area contributed by atoms with Gasteiger partial charge < -0.3 is 16.0 Å². The number of nitrogens with one attached hydrogen (secondary N) is 3. The summed E-state index contributed by atoms with van der Waals surface area (Å²) < 4.78 is 38.0. The molecular weight excluding hydrogens is 504 g/mol. The normalized spacial score (nSPS) is 20.2. The number of thioether (sulfide) groups is 1. The van der Waals surface area contributed by atoms with Crippen molar-refractivity contribution in [1.82, 2.24) is 20.6 Å². The lowest BCUT2D eigenvalue weighted by Crippen LogP contribution is -2.45. The Bertz CT molecular complexity index is 617. The number of aromatic nitrogens is 2. The van der Waals surface area contributed by atoms with Crippen LogP contribution in [0.3, 0.4) is 0 Å². The first kappa shape index (κ1) is 25.1. The maximum Gasteiger partial charge on any atom is 0.433 e. The number of hydrogen-bond acceptors (Lipinski definition) is 5. The van der Waals surface area contributed by atoms with Crippen LogP contribution in [0.1, 0.15) is 38.3 Å². The van der Waals surface area contributed by atoms with Gasteiger partial charge in [-0.3, -0.25) is 4.99 Å². The Hall–Kier alpha value is -0.980. The second kappa shape index (κ2) is 12.6. The minimum Gasteiger partial charge on any atom is -0.357 e. The van der Waals surface area contributed by atoms with Gasteiger partial charge in [0.15, 0.2) is 5.96 Å². The van der Waals surface area contributed by atoms with Crippen LogP contribution in [0.5, 0.6) is 0 Å². The van der Waals surface area contributed by atoms with E-state index in [1.807, 2.05) is 18.7 Å². The van der Waals surface area contributed by atoms with Gasteiger partial charge in [-0.15, -0.1) is 24.0 Å². The van der Waals surface area contributed by atoms with Gasteiger partial charge in [0.1, 0.15) is 5.69 Å². The molecule has 0 spiro atoms. The van der Waals surface area contributed by atoms with Gasteiger partial charge in [-0.1, -0.05) is 6.42 Å². The standard InChI is InChI=1S/C17H27F3N6S.HI/c1-3-21-15(25-12-5-4-6-13(11-12)27-2)23-9-10-24-16-22-8-7-14(26-16)17(18,19)20;/h7-8,12-13H,3-6,9-11H2,1-2H3,(H2,21,23,25)(H,22,24,26);1H. The zero-order valence-corrected chi connectivity index (χ0v) is 19.2. The van der Waals surface area contributed by atoms with Crippen LogP contribution in [0.2, 0.25) is 0 Å². The summed E-state index contributed by atoms with van der Waals surface area (Å²) in [6.07, 6.45) is 3.46. The molecule has 1 aliphatic carbocycles. The van der Waals surface area contributed by atoms with E-state index in [0.29, 0.717) is 24.4 Å². The van der Waals surface area contributed by atoms with E-state index >= 15 is 0 Å². The third-order valence-corrected chi connectivity index (χ3v) is 5.35. The summed E-state index contributed by atoms with van der Waals surface area (Å²) in [6, 6.07) is 1.25. The molecule has 28 heavy (non-hydrogen) atoms. The third-order valence-electron chi connectivity index (χ3n) is 4.26. The van der Waals surface area contributed by atoms with Gasteiger partial charge in [0, 0.05) is 30.6 Å². The van der Waals surface area contributed by atoms with Crippen LogP contribution in [-0.4, -0.2) is 53.1 Å². The Morgan fingerprint density at radius 2 is 2.14 bits per heavy atom. The van der Waals surface area contributed by atoms with E-state index in [2.05, 4.69) is 37.2 Å². The Morgan fingerprint density at radius 1 is 1.36 bits per heavy atom. The molecule has 1 fully saturated rings. The zero-order chi connectivity index (χ0) is 19.7. The summed E-state index contributed by atoms with van der Waals surface area (Å²) in [5.74, 6) is 0.684. The molecule has 1 aromatic heterocycles. The molecule has 1 saturated carbocycles. The minimum atomic E-state index is -4.48. The number of rotatable bonds is 7. The van der Waals surface area contributed by atoms with Gasteiger partial charge in [0.2, 0.25) is 5.95 Å². The summed E-state index contributed by atoms with van der Waals surface area (Å²) in [4.78, 5) is 11.8. The van der Waals surface area contributed by atoms with E-state index in [9.17, 15) is 13.2 Å². The lowest BCUT2D eigenvalue weighted by atomic mass is 9.95. The first-order valence-corrected chi connectivity index (χ1v) is 10.4. The van der Waals surface area contributed by atoms with Crippen molar-refractivity contribution in [3.8, 4) is 0 Å². The van der Waals surface area contributed by atoms with Crippen LogP contribution in [-0.2, 0) is 6.18 Å². The molecule has 6 nitrogen and oxygen atoms in total. The quantitative estimate of drug-likeness (QED) is 0.215. The van der Waals surface area contributed by atoms with E-state index < -0.39 is 11.9 Å². The zero-order valence-electron chi connectivity index (χ0n) is 16.1. The average molecular weight is 532 g/mol. The van der Waals surface area contributed by atoms with Crippen LogP contribution in [0.15, 0.2) is 17.3 Å². The van der Waals surface area contributed by atoms with Crippen molar-refractivity contribution >= 4 is 47.6 Å². The molecule has 1 aliphatic rings. The lowest BCUT2D eigenvalue weighted by Gasteiger charge is -2.29. The van der Waals surface area contributed by atoms with Gasteiger partial charge in [-0.2, -0.15) is 24.9 Å². The third kappa shape index (κ3) is 8.58. The molecule has 0 aromatic carbocycles. The Balaban J connectivity index is 0.00000392. The second-order valence-corrected chi connectivity index (χ2v) is 7.45. The highest BCUT2D eigenvalue weighted by Gasteiger charge is 2.32. The maximum absolute atomic E-state index is 12.7. The highest BCUT2D eigenvalue weighted by Crippen LogP contribution is 2.28. The maximum atomic E-state index is 12.7. The van der Waals surface area contributed by atoms with Gasteiger partial charge >= 0.3 is 6.18 Å². The molecule has 11 heteroatoms. The van der Waals surface area contributed by atoms with Crippen molar-refractivity contribution in [2.75, 3.05) is 31.2 Å². The predicted octanol–water partition coefficient (Wildman–Crippen LogP) is 3.75. The first-order chi connectivity index (χ1) is 12.9. The summed E-state index contributed by atoms with van der Waals surface area (Å²) in [7, 11) is 0. The number of aliphatic imine (C=N–C) groups is 1. The highest BCUT2D eigenvalue weighted by molar-refractivity contribution is 14.0. The molecule has 3 N–H and O–H groups in total. The summed E-state index contributed by atoms with van der Waals surface area (Å²) in [5.41, 5.74) is -0.959.